The number of carboxylic acid groups (broad SMARTS) is 1. The largest absolute Gasteiger partial charge is 0.480 e. The number of hydrogen-bond donors (Lipinski definition) is 2. The zero-order chi connectivity index (χ0) is 15.8. The van der Waals surface area contributed by atoms with Gasteiger partial charge in [-0.05, 0) is 12.3 Å². The fourth-order valence-corrected chi connectivity index (χ4v) is 3.45. The van der Waals surface area contributed by atoms with Crippen LogP contribution in [0.4, 0.5) is 0 Å². The minimum atomic E-state index is -3.26. The summed E-state index contributed by atoms with van der Waals surface area (Å²) in [5, 5.41) is 11.3. The van der Waals surface area contributed by atoms with E-state index in [1.807, 2.05) is 6.92 Å². The van der Waals surface area contributed by atoms with E-state index in [-0.39, 0.29) is 23.8 Å². The van der Waals surface area contributed by atoms with Crippen LogP contribution in [0.2, 0.25) is 0 Å². The van der Waals surface area contributed by atoms with Crippen molar-refractivity contribution in [2.45, 2.75) is 52.5 Å². The molecule has 0 aromatic carbocycles. The van der Waals surface area contributed by atoms with E-state index in [4.69, 9.17) is 5.11 Å². The molecule has 0 radical (unpaired) electrons. The molecule has 118 valence electrons. The summed E-state index contributed by atoms with van der Waals surface area (Å²) in [5.74, 6) is -1.80. The van der Waals surface area contributed by atoms with Gasteiger partial charge >= 0.3 is 5.97 Å². The summed E-state index contributed by atoms with van der Waals surface area (Å²) >= 11 is 0. The average molecular weight is 307 g/mol. The van der Waals surface area contributed by atoms with Crippen LogP contribution in [0.3, 0.4) is 0 Å². The van der Waals surface area contributed by atoms with Crippen molar-refractivity contribution >= 4 is 21.7 Å². The fourth-order valence-electron chi connectivity index (χ4n) is 1.77. The van der Waals surface area contributed by atoms with Gasteiger partial charge in [0.05, 0.1) is 11.5 Å². The number of hydrogen-bond acceptors (Lipinski definition) is 4. The third kappa shape index (κ3) is 8.90. The van der Waals surface area contributed by atoms with Crippen molar-refractivity contribution in [2.75, 3.05) is 11.5 Å². The highest BCUT2D eigenvalue weighted by atomic mass is 32.2. The van der Waals surface area contributed by atoms with Gasteiger partial charge in [0.1, 0.15) is 6.04 Å². The van der Waals surface area contributed by atoms with E-state index >= 15 is 0 Å². The Morgan fingerprint density at radius 1 is 1.25 bits per heavy atom. The summed E-state index contributed by atoms with van der Waals surface area (Å²) in [4.78, 5) is 22.6. The zero-order valence-corrected chi connectivity index (χ0v) is 13.2. The standard InChI is InChI=1S/C13H25NO5S/c1-4-5-6-11(13(16)17)14-12(15)7-8-20(18,19)9-10(2)3/h10-11H,4-9H2,1-3H3,(H,14,15)(H,16,17). The summed E-state index contributed by atoms with van der Waals surface area (Å²) in [6.07, 6.45) is 1.70. The van der Waals surface area contributed by atoms with Crippen LogP contribution in [0.15, 0.2) is 0 Å². The van der Waals surface area contributed by atoms with E-state index in [1.165, 1.54) is 0 Å². The second kappa shape index (κ2) is 8.94. The second-order valence-corrected chi connectivity index (χ2v) is 7.59. The molecule has 0 saturated heterocycles. The first-order chi connectivity index (χ1) is 9.18. The Labute approximate surface area is 120 Å². The van der Waals surface area contributed by atoms with Gasteiger partial charge < -0.3 is 10.4 Å². The lowest BCUT2D eigenvalue weighted by Crippen LogP contribution is -2.41. The summed E-state index contributed by atoms with van der Waals surface area (Å²) in [5.41, 5.74) is 0. The van der Waals surface area contributed by atoms with Gasteiger partial charge in [0, 0.05) is 6.42 Å². The summed E-state index contributed by atoms with van der Waals surface area (Å²) in [6, 6.07) is -0.935. The Bertz CT molecular complexity index is 416. The lowest BCUT2D eigenvalue weighted by atomic mass is 10.1. The van der Waals surface area contributed by atoms with E-state index in [1.54, 1.807) is 13.8 Å². The SMILES string of the molecule is CCCCC(NC(=O)CCS(=O)(=O)CC(C)C)C(=O)O. The fraction of sp³-hybridized carbons (Fsp3) is 0.846. The molecule has 0 heterocycles. The van der Waals surface area contributed by atoms with Gasteiger partial charge in [0.15, 0.2) is 9.84 Å². The number of sulfone groups is 1. The van der Waals surface area contributed by atoms with E-state index in [2.05, 4.69) is 5.32 Å². The number of carbonyl (C=O) groups is 2. The Morgan fingerprint density at radius 3 is 2.30 bits per heavy atom. The molecule has 0 bridgehead atoms. The van der Waals surface area contributed by atoms with E-state index < -0.39 is 27.8 Å². The number of amides is 1. The molecule has 2 N–H and O–H groups in total. The third-order valence-corrected chi connectivity index (χ3v) is 4.71. The highest BCUT2D eigenvalue weighted by molar-refractivity contribution is 7.91. The number of nitrogens with one attached hydrogen (secondary N) is 1. The molecule has 1 atom stereocenters. The molecule has 0 aliphatic carbocycles. The lowest BCUT2D eigenvalue weighted by Gasteiger charge is -2.14. The van der Waals surface area contributed by atoms with Crippen molar-refractivity contribution in [3.05, 3.63) is 0 Å². The Kier molecular flexibility index (Phi) is 8.45. The molecule has 1 amide bonds. The second-order valence-electron chi connectivity index (χ2n) is 5.36. The number of rotatable bonds is 10. The topological polar surface area (TPSA) is 101 Å². The number of carbonyl (C=O) groups excluding carboxylic acids is 1. The van der Waals surface area contributed by atoms with Crippen molar-refractivity contribution in [3.63, 3.8) is 0 Å². The Morgan fingerprint density at radius 2 is 1.85 bits per heavy atom. The van der Waals surface area contributed by atoms with Crippen LogP contribution >= 0.6 is 0 Å². The van der Waals surface area contributed by atoms with E-state index in [0.29, 0.717) is 12.8 Å². The smallest absolute Gasteiger partial charge is 0.326 e. The maximum Gasteiger partial charge on any atom is 0.326 e. The molecule has 0 saturated carbocycles. The van der Waals surface area contributed by atoms with Crippen LogP contribution < -0.4 is 5.32 Å². The van der Waals surface area contributed by atoms with Crippen molar-refractivity contribution in [3.8, 4) is 0 Å². The maximum absolute atomic E-state index is 11.6. The quantitative estimate of drug-likeness (QED) is 0.632. The number of aliphatic carboxylic acids is 1. The highest BCUT2D eigenvalue weighted by Gasteiger charge is 2.21. The van der Waals surface area contributed by atoms with Crippen LogP contribution in [-0.4, -0.2) is 42.9 Å². The molecule has 0 aliphatic heterocycles. The Balaban J connectivity index is 4.30. The lowest BCUT2D eigenvalue weighted by molar-refractivity contribution is -0.142. The van der Waals surface area contributed by atoms with Gasteiger partial charge in [-0.3, -0.25) is 4.79 Å². The van der Waals surface area contributed by atoms with Gasteiger partial charge in [-0.1, -0.05) is 33.6 Å². The molecule has 6 nitrogen and oxygen atoms in total. The molecule has 7 heteroatoms. The van der Waals surface area contributed by atoms with Crippen LogP contribution in [0.1, 0.15) is 46.5 Å². The van der Waals surface area contributed by atoms with Gasteiger partial charge in [-0.15, -0.1) is 0 Å². The zero-order valence-electron chi connectivity index (χ0n) is 12.4. The number of carboxylic acids is 1. The van der Waals surface area contributed by atoms with E-state index in [9.17, 15) is 18.0 Å². The first-order valence-electron chi connectivity index (χ1n) is 6.90. The molecule has 0 fully saturated rings. The van der Waals surface area contributed by atoms with Crippen molar-refractivity contribution in [2.24, 2.45) is 5.92 Å². The normalized spacial score (nSPS) is 13.2. The first-order valence-corrected chi connectivity index (χ1v) is 8.72. The monoisotopic (exact) mass is 307 g/mol. The molecular weight excluding hydrogens is 282 g/mol. The first kappa shape index (κ1) is 18.9. The minimum Gasteiger partial charge on any atom is -0.480 e. The van der Waals surface area contributed by atoms with Crippen LogP contribution in [-0.2, 0) is 19.4 Å². The summed E-state index contributed by atoms with van der Waals surface area (Å²) in [6.45, 7) is 5.52. The predicted octanol–water partition coefficient (Wildman–Crippen LogP) is 1.21. The summed E-state index contributed by atoms with van der Waals surface area (Å²) in [7, 11) is -3.26. The van der Waals surface area contributed by atoms with Gasteiger partial charge in [-0.2, -0.15) is 0 Å². The average Bonchev–Trinajstić information content (AvgIpc) is 2.30. The molecule has 20 heavy (non-hydrogen) atoms. The molecule has 0 aromatic rings. The van der Waals surface area contributed by atoms with Crippen LogP contribution in [0, 0.1) is 5.92 Å². The molecule has 0 spiro atoms. The third-order valence-electron chi connectivity index (χ3n) is 2.71. The Hall–Kier alpha value is -1.11. The molecule has 0 aromatic heterocycles. The predicted molar refractivity (Wildman–Crippen MR) is 77.2 cm³/mol. The highest BCUT2D eigenvalue weighted by Crippen LogP contribution is 2.04. The number of unbranched alkanes of at least 4 members (excludes halogenated alkanes) is 1. The van der Waals surface area contributed by atoms with Gasteiger partial charge in [-0.25, -0.2) is 13.2 Å². The molecule has 1 unspecified atom stereocenters. The van der Waals surface area contributed by atoms with Crippen molar-refractivity contribution in [1.29, 1.82) is 0 Å². The van der Waals surface area contributed by atoms with E-state index in [0.717, 1.165) is 6.42 Å². The molecule has 0 aliphatic rings. The van der Waals surface area contributed by atoms with Crippen molar-refractivity contribution in [1.82, 2.24) is 5.32 Å². The van der Waals surface area contributed by atoms with Gasteiger partial charge in [0.2, 0.25) is 5.91 Å². The summed E-state index contributed by atoms with van der Waals surface area (Å²) < 4.78 is 23.3. The van der Waals surface area contributed by atoms with Crippen LogP contribution in [0.25, 0.3) is 0 Å². The van der Waals surface area contributed by atoms with Crippen molar-refractivity contribution < 1.29 is 23.1 Å². The molecule has 0 rings (SSSR count). The van der Waals surface area contributed by atoms with Gasteiger partial charge in [0.25, 0.3) is 0 Å². The van der Waals surface area contributed by atoms with Crippen LogP contribution in [0.5, 0.6) is 0 Å². The minimum absolute atomic E-state index is 0.0133. The molecular formula is C13H25NO5S. The maximum atomic E-state index is 11.6.